The minimum absolute atomic E-state index is 0.00531. The third-order valence-electron chi connectivity index (χ3n) is 4.31. The number of phenols is 1. The third kappa shape index (κ3) is 3.05. The Bertz CT molecular complexity index is 720. The van der Waals surface area contributed by atoms with Crippen molar-refractivity contribution in [1.82, 2.24) is 0 Å². The highest BCUT2D eigenvalue weighted by atomic mass is 19.1. The number of carbonyl (C=O) groups is 1. The van der Waals surface area contributed by atoms with Gasteiger partial charge in [-0.1, -0.05) is 24.3 Å². The molecule has 2 aromatic carbocycles. The summed E-state index contributed by atoms with van der Waals surface area (Å²) in [5.74, 6) is -1.39. The maximum absolute atomic E-state index is 13.9. The Morgan fingerprint density at radius 1 is 1.17 bits per heavy atom. The van der Waals surface area contributed by atoms with E-state index in [2.05, 4.69) is 0 Å². The number of halogens is 1. The Morgan fingerprint density at radius 3 is 2.43 bits per heavy atom. The van der Waals surface area contributed by atoms with Crippen molar-refractivity contribution in [3.05, 3.63) is 53.8 Å². The maximum Gasteiger partial charge on any atom is 0.329 e. The van der Waals surface area contributed by atoms with Gasteiger partial charge < -0.3 is 14.9 Å². The zero-order valence-corrected chi connectivity index (χ0v) is 12.5. The predicted molar refractivity (Wildman–Crippen MR) is 82.6 cm³/mol. The molecule has 1 aliphatic rings. The van der Waals surface area contributed by atoms with Gasteiger partial charge in [0.2, 0.25) is 0 Å². The molecule has 1 fully saturated rings. The van der Waals surface area contributed by atoms with Gasteiger partial charge >= 0.3 is 5.97 Å². The molecule has 0 aliphatic heterocycles. The van der Waals surface area contributed by atoms with Crippen LogP contribution >= 0.6 is 0 Å². The zero-order chi connectivity index (χ0) is 16.4. The van der Waals surface area contributed by atoms with Gasteiger partial charge in [0.15, 0.2) is 0 Å². The summed E-state index contributed by atoms with van der Waals surface area (Å²) >= 11 is 0. The van der Waals surface area contributed by atoms with E-state index >= 15 is 0 Å². The van der Waals surface area contributed by atoms with E-state index < -0.39 is 17.4 Å². The number of phenolic OH excluding ortho intramolecular Hbond substituents is 1. The fraction of sp³-hybridized carbons (Fsp3) is 0.278. The minimum Gasteiger partial charge on any atom is -0.508 e. The number of carboxylic acid groups (broad SMARTS) is 1. The van der Waals surface area contributed by atoms with Crippen LogP contribution in [0.25, 0.3) is 11.1 Å². The molecule has 2 N–H and O–H groups in total. The molecule has 1 saturated carbocycles. The molecule has 4 nitrogen and oxygen atoms in total. The molecule has 2 aromatic rings. The molecule has 0 radical (unpaired) electrons. The van der Waals surface area contributed by atoms with Gasteiger partial charge in [-0.05, 0) is 48.6 Å². The molecular formula is C18H17FO4. The standard InChI is InChI=1S/C18H17FO4/c19-16-7-6-14(20)10-15(16)12-2-4-13(5-3-12)18(8-1-9-18)23-11-17(21)22/h2-7,10,20H,1,8-9,11H2,(H,21,22). The molecule has 0 amide bonds. The largest absolute Gasteiger partial charge is 0.508 e. The minimum atomic E-state index is -0.991. The second kappa shape index (κ2) is 6.01. The van der Waals surface area contributed by atoms with Crippen molar-refractivity contribution in [3.8, 4) is 16.9 Å². The van der Waals surface area contributed by atoms with Crippen LogP contribution in [0.5, 0.6) is 5.75 Å². The first-order valence-electron chi connectivity index (χ1n) is 7.45. The Morgan fingerprint density at radius 2 is 1.87 bits per heavy atom. The number of ether oxygens (including phenoxy) is 1. The van der Waals surface area contributed by atoms with Gasteiger partial charge in [-0.15, -0.1) is 0 Å². The monoisotopic (exact) mass is 316 g/mol. The van der Waals surface area contributed by atoms with E-state index in [1.165, 1.54) is 18.2 Å². The van der Waals surface area contributed by atoms with Crippen LogP contribution < -0.4 is 0 Å². The fourth-order valence-corrected chi connectivity index (χ4v) is 2.90. The fourth-order valence-electron chi connectivity index (χ4n) is 2.90. The van der Waals surface area contributed by atoms with Crippen LogP contribution in [0, 0.1) is 5.82 Å². The summed E-state index contributed by atoms with van der Waals surface area (Å²) in [4.78, 5) is 10.7. The number of hydrogen-bond acceptors (Lipinski definition) is 3. The van der Waals surface area contributed by atoms with Crippen LogP contribution in [0.2, 0.25) is 0 Å². The number of carboxylic acids is 1. The summed E-state index contributed by atoms with van der Waals surface area (Å²) in [5, 5.41) is 18.3. The predicted octanol–water partition coefficient (Wildman–Crippen LogP) is 3.68. The van der Waals surface area contributed by atoms with Crippen molar-refractivity contribution in [1.29, 1.82) is 0 Å². The van der Waals surface area contributed by atoms with Crippen LogP contribution in [-0.2, 0) is 15.1 Å². The van der Waals surface area contributed by atoms with E-state index in [-0.39, 0.29) is 12.4 Å². The van der Waals surface area contributed by atoms with Gasteiger partial charge in [-0.3, -0.25) is 0 Å². The van der Waals surface area contributed by atoms with E-state index in [1.807, 2.05) is 12.1 Å². The lowest BCUT2D eigenvalue weighted by Gasteiger charge is -2.41. The summed E-state index contributed by atoms with van der Waals surface area (Å²) in [6, 6.07) is 11.1. The second-order valence-corrected chi connectivity index (χ2v) is 5.77. The van der Waals surface area contributed by atoms with Crippen LogP contribution in [0.15, 0.2) is 42.5 Å². The van der Waals surface area contributed by atoms with Gasteiger partial charge in [0.05, 0.1) is 5.60 Å². The Hall–Kier alpha value is -2.40. The summed E-state index contributed by atoms with van der Waals surface area (Å²) in [6.45, 7) is -0.330. The van der Waals surface area contributed by atoms with Crippen molar-refractivity contribution in [2.24, 2.45) is 0 Å². The Labute approximate surface area is 133 Å². The first-order valence-corrected chi connectivity index (χ1v) is 7.45. The van der Waals surface area contributed by atoms with Crippen molar-refractivity contribution in [3.63, 3.8) is 0 Å². The second-order valence-electron chi connectivity index (χ2n) is 5.77. The number of hydrogen-bond donors (Lipinski definition) is 2. The van der Waals surface area contributed by atoms with Crippen LogP contribution in [0.3, 0.4) is 0 Å². The molecule has 1 aliphatic carbocycles. The topological polar surface area (TPSA) is 66.8 Å². The first-order chi connectivity index (χ1) is 11.0. The molecule has 0 bridgehead atoms. The maximum atomic E-state index is 13.9. The van der Waals surface area contributed by atoms with Crippen LogP contribution in [0.4, 0.5) is 4.39 Å². The smallest absolute Gasteiger partial charge is 0.329 e. The molecular weight excluding hydrogens is 299 g/mol. The van der Waals surface area contributed by atoms with Crippen LogP contribution in [0.1, 0.15) is 24.8 Å². The van der Waals surface area contributed by atoms with Crippen molar-refractivity contribution in [2.75, 3.05) is 6.61 Å². The van der Waals surface area contributed by atoms with E-state index in [1.54, 1.807) is 12.1 Å². The molecule has 120 valence electrons. The summed E-state index contributed by atoms with van der Waals surface area (Å²) in [6.07, 6.45) is 2.54. The highest BCUT2D eigenvalue weighted by molar-refractivity contribution is 5.68. The molecule has 23 heavy (non-hydrogen) atoms. The Balaban J connectivity index is 1.86. The highest BCUT2D eigenvalue weighted by Crippen LogP contribution is 2.45. The normalized spacial score (nSPS) is 15.9. The number of aromatic hydroxyl groups is 1. The summed E-state index contributed by atoms with van der Waals surface area (Å²) < 4.78 is 19.5. The van der Waals surface area contributed by atoms with E-state index in [9.17, 15) is 14.3 Å². The average Bonchev–Trinajstić information content (AvgIpc) is 2.49. The molecule has 5 heteroatoms. The quantitative estimate of drug-likeness (QED) is 0.883. The van der Waals surface area contributed by atoms with Gasteiger partial charge in [0.25, 0.3) is 0 Å². The third-order valence-corrected chi connectivity index (χ3v) is 4.31. The van der Waals surface area contributed by atoms with E-state index in [4.69, 9.17) is 9.84 Å². The van der Waals surface area contributed by atoms with Gasteiger partial charge in [-0.2, -0.15) is 0 Å². The van der Waals surface area contributed by atoms with Gasteiger partial charge in [0, 0.05) is 5.56 Å². The molecule has 3 rings (SSSR count). The van der Waals surface area contributed by atoms with E-state index in [0.29, 0.717) is 11.1 Å². The summed E-state index contributed by atoms with van der Waals surface area (Å²) in [5.41, 5.74) is 1.32. The molecule has 0 atom stereocenters. The van der Waals surface area contributed by atoms with Gasteiger partial charge in [0.1, 0.15) is 18.2 Å². The number of aliphatic carboxylic acids is 1. The first kappa shape index (κ1) is 15.5. The number of rotatable bonds is 5. The average molecular weight is 316 g/mol. The van der Waals surface area contributed by atoms with Crippen molar-refractivity contribution >= 4 is 5.97 Å². The molecule has 0 saturated heterocycles. The van der Waals surface area contributed by atoms with E-state index in [0.717, 1.165) is 24.8 Å². The van der Waals surface area contributed by atoms with Gasteiger partial charge in [-0.25, -0.2) is 9.18 Å². The lowest BCUT2D eigenvalue weighted by molar-refractivity contribution is -0.159. The zero-order valence-electron chi connectivity index (χ0n) is 12.5. The molecule has 0 unspecified atom stereocenters. The lowest BCUT2D eigenvalue weighted by Crippen LogP contribution is -2.38. The van der Waals surface area contributed by atoms with Crippen molar-refractivity contribution < 1.29 is 24.1 Å². The summed E-state index contributed by atoms with van der Waals surface area (Å²) in [7, 11) is 0. The van der Waals surface area contributed by atoms with Crippen molar-refractivity contribution in [2.45, 2.75) is 24.9 Å². The Kier molecular flexibility index (Phi) is 4.05. The van der Waals surface area contributed by atoms with Crippen LogP contribution in [-0.4, -0.2) is 22.8 Å². The highest BCUT2D eigenvalue weighted by Gasteiger charge is 2.40. The SMILES string of the molecule is O=C(O)COC1(c2ccc(-c3cc(O)ccc3F)cc2)CCC1. The number of benzene rings is 2. The molecule has 0 aromatic heterocycles. The lowest BCUT2D eigenvalue weighted by atomic mass is 9.74. The molecule has 0 heterocycles. The molecule has 0 spiro atoms.